The van der Waals surface area contributed by atoms with E-state index in [2.05, 4.69) is 13.8 Å². The molecule has 52 valence electrons. The van der Waals surface area contributed by atoms with Gasteiger partial charge in [-0.2, -0.15) is 0 Å². The van der Waals surface area contributed by atoms with Crippen LogP contribution in [-0.2, 0) is 0 Å². The molecule has 1 aliphatic rings. The molecule has 1 fully saturated rings. The Kier molecular flexibility index (Phi) is 1.91. The van der Waals surface area contributed by atoms with Crippen LogP contribution in [0.1, 0.15) is 33.1 Å². The van der Waals surface area contributed by atoms with Gasteiger partial charge in [0.25, 0.3) is 0 Å². The van der Waals surface area contributed by atoms with Crippen LogP contribution in [0.25, 0.3) is 0 Å². The van der Waals surface area contributed by atoms with Crippen molar-refractivity contribution < 1.29 is 0 Å². The summed E-state index contributed by atoms with van der Waals surface area (Å²) in [5, 5.41) is 0. The van der Waals surface area contributed by atoms with Crippen molar-refractivity contribution >= 4 is 0 Å². The number of rotatable bonds is 0. The molecule has 1 unspecified atom stereocenters. The summed E-state index contributed by atoms with van der Waals surface area (Å²) in [5.74, 6) is 0. The van der Waals surface area contributed by atoms with E-state index in [4.69, 9.17) is 5.73 Å². The first-order valence-corrected chi connectivity index (χ1v) is 3.61. The molecular formula is C8H15N. The van der Waals surface area contributed by atoms with Crippen molar-refractivity contribution in [3.05, 3.63) is 11.1 Å². The van der Waals surface area contributed by atoms with Crippen molar-refractivity contribution in [2.24, 2.45) is 5.73 Å². The summed E-state index contributed by atoms with van der Waals surface area (Å²) >= 11 is 0. The van der Waals surface area contributed by atoms with Crippen LogP contribution >= 0.6 is 0 Å². The topological polar surface area (TPSA) is 26.0 Å². The molecule has 9 heavy (non-hydrogen) atoms. The fraction of sp³-hybridized carbons (Fsp3) is 0.750. The van der Waals surface area contributed by atoms with Gasteiger partial charge in [0, 0.05) is 6.04 Å². The minimum atomic E-state index is 0.454. The van der Waals surface area contributed by atoms with E-state index in [0.29, 0.717) is 6.04 Å². The Morgan fingerprint density at radius 1 is 1.56 bits per heavy atom. The van der Waals surface area contributed by atoms with Crippen LogP contribution in [0.3, 0.4) is 0 Å². The Balaban J connectivity index is 2.58. The highest BCUT2D eigenvalue weighted by atomic mass is 14.6. The van der Waals surface area contributed by atoms with Crippen molar-refractivity contribution in [1.82, 2.24) is 0 Å². The van der Waals surface area contributed by atoms with Crippen molar-refractivity contribution in [3.63, 3.8) is 0 Å². The fourth-order valence-corrected chi connectivity index (χ4v) is 1.33. The third kappa shape index (κ3) is 1.55. The van der Waals surface area contributed by atoms with Gasteiger partial charge in [-0.05, 0) is 33.1 Å². The highest BCUT2D eigenvalue weighted by molar-refractivity contribution is 5.15. The van der Waals surface area contributed by atoms with Gasteiger partial charge in [0.1, 0.15) is 0 Å². The predicted molar refractivity (Wildman–Crippen MR) is 40.2 cm³/mol. The highest BCUT2D eigenvalue weighted by Crippen LogP contribution is 2.25. The predicted octanol–water partition coefficient (Wildman–Crippen LogP) is 1.83. The van der Waals surface area contributed by atoms with E-state index in [1.807, 2.05) is 0 Å². The Morgan fingerprint density at radius 3 is 2.44 bits per heavy atom. The van der Waals surface area contributed by atoms with Crippen molar-refractivity contribution in [1.29, 1.82) is 0 Å². The maximum Gasteiger partial charge on any atom is 0.00792 e. The first-order valence-electron chi connectivity index (χ1n) is 3.61. The molecule has 0 radical (unpaired) electrons. The minimum absolute atomic E-state index is 0.454. The molecule has 0 aliphatic heterocycles. The van der Waals surface area contributed by atoms with E-state index in [1.54, 1.807) is 5.57 Å². The van der Waals surface area contributed by atoms with E-state index in [-0.39, 0.29) is 0 Å². The molecule has 0 aromatic carbocycles. The third-order valence-electron chi connectivity index (χ3n) is 2.03. The van der Waals surface area contributed by atoms with Crippen molar-refractivity contribution in [2.45, 2.75) is 39.2 Å². The molecule has 0 aromatic rings. The van der Waals surface area contributed by atoms with Gasteiger partial charge >= 0.3 is 0 Å². The van der Waals surface area contributed by atoms with Crippen LogP contribution in [0, 0.1) is 0 Å². The monoisotopic (exact) mass is 125 g/mol. The minimum Gasteiger partial charge on any atom is -0.327 e. The average molecular weight is 125 g/mol. The standard InChI is InChI=1S/C8H15N/c1-6(2)7-3-4-8(9)5-7/h8H,3-5,9H2,1-2H3. The van der Waals surface area contributed by atoms with Crippen LogP contribution in [0.4, 0.5) is 0 Å². The SMILES string of the molecule is CC(C)=C1CCC(N)C1. The third-order valence-corrected chi connectivity index (χ3v) is 2.03. The quantitative estimate of drug-likeness (QED) is 0.491. The average Bonchev–Trinajstić information content (AvgIpc) is 2.14. The van der Waals surface area contributed by atoms with Crippen LogP contribution in [0.5, 0.6) is 0 Å². The van der Waals surface area contributed by atoms with Gasteiger partial charge in [0.15, 0.2) is 0 Å². The molecule has 1 nitrogen and oxygen atoms in total. The van der Waals surface area contributed by atoms with Crippen molar-refractivity contribution in [2.75, 3.05) is 0 Å². The maximum absolute atomic E-state index is 5.73. The molecule has 0 aromatic heterocycles. The van der Waals surface area contributed by atoms with E-state index >= 15 is 0 Å². The second-order valence-corrected chi connectivity index (χ2v) is 3.11. The summed E-state index contributed by atoms with van der Waals surface area (Å²) < 4.78 is 0. The zero-order valence-electron chi connectivity index (χ0n) is 6.28. The van der Waals surface area contributed by atoms with Crippen LogP contribution in [0.2, 0.25) is 0 Å². The summed E-state index contributed by atoms with van der Waals surface area (Å²) in [5.41, 5.74) is 8.79. The normalized spacial score (nSPS) is 27.0. The number of hydrogen-bond acceptors (Lipinski definition) is 1. The zero-order valence-corrected chi connectivity index (χ0v) is 6.28. The molecule has 0 heterocycles. The summed E-state index contributed by atoms with van der Waals surface area (Å²) in [6.07, 6.45) is 3.58. The molecule has 1 heteroatoms. The second-order valence-electron chi connectivity index (χ2n) is 3.11. The van der Waals surface area contributed by atoms with Gasteiger partial charge in [0.2, 0.25) is 0 Å². The lowest BCUT2D eigenvalue weighted by Gasteiger charge is -1.98. The summed E-state index contributed by atoms with van der Waals surface area (Å²) in [4.78, 5) is 0. The van der Waals surface area contributed by atoms with Gasteiger partial charge in [-0.3, -0.25) is 0 Å². The molecule has 1 saturated carbocycles. The lowest BCUT2D eigenvalue weighted by atomic mass is 10.1. The van der Waals surface area contributed by atoms with Gasteiger partial charge in [0.05, 0.1) is 0 Å². The first kappa shape index (κ1) is 6.81. The summed E-state index contributed by atoms with van der Waals surface area (Å²) in [6, 6.07) is 0.454. The Hall–Kier alpha value is -0.300. The number of hydrogen-bond donors (Lipinski definition) is 1. The van der Waals surface area contributed by atoms with Gasteiger partial charge in [-0.1, -0.05) is 11.1 Å². The van der Waals surface area contributed by atoms with Crippen LogP contribution in [0.15, 0.2) is 11.1 Å². The van der Waals surface area contributed by atoms with E-state index in [9.17, 15) is 0 Å². The summed E-state index contributed by atoms with van der Waals surface area (Å²) in [6.45, 7) is 4.35. The Bertz CT molecular complexity index is 132. The highest BCUT2D eigenvalue weighted by Gasteiger charge is 2.15. The molecular weight excluding hydrogens is 110 g/mol. The van der Waals surface area contributed by atoms with Crippen LogP contribution in [-0.4, -0.2) is 6.04 Å². The van der Waals surface area contributed by atoms with Crippen molar-refractivity contribution in [3.8, 4) is 0 Å². The zero-order chi connectivity index (χ0) is 6.85. The maximum atomic E-state index is 5.73. The lowest BCUT2D eigenvalue weighted by molar-refractivity contribution is 0.711. The second kappa shape index (κ2) is 2.53. The molecule has 0 spiro atoms. The molecule has 2 N–H and O–H groups in total. The largest absolute Gasteiger partial charge is 0.327 e. The fourth-order valence-electron chi connectivity index (χ4n) is 1.33. The smallest absolute Gasteiger partial charge is 0.00792 e. The molecule has 0 amide bonds. The Labute approximate surface area is 56.9 Å². The van der Waals surface area contributed by atoms with E-state index in [1.165, 1.54) is 18.4 Å². The molecule has 1 aliphatic carbocycles. The van der Waals surface area contributed by atoms with E-state index in [0.717, 1.165) is 6.42 Å². The van der Waals surface area contributed by atoms with Gasteiger partial charge in [-0.25, -0.2) is 0 Å². The molecule has 0 saturated heterocycles. The Morgan fingerprint density at radius 2 is 2.22 bits per heavy atom. The first-order chi connectivity index (χ1) is 4.20. The van der Waals surface area contributed by atoms with E-state index < -0.39 is 0 Å². The van der Waals surface area contributed by atoms with Crippen LogP contribution < -0.4 is 5.73 Å². The lowest BCUT2D eigenvalue weighted by Crippen LogP contribution is -2.13. The van der Waals surface area contributed by atoms with Gasteiger partial charge < -0.3 is 5.73 Å². The number of nitrogens with two attached hydrogens (primary N) is 1. The van der Waals surface area contributed by atoms with Gasteiger partial charge in [-0.15, -0.1) is 0 Å². The number of allylic oxidation sites excluding steroid dienone is 1. The summed E-state index contributed by atoms with van der Waals surface area (Å²) in [7, 11) is 0. The molecule has 0 bridgehead atoms. The molecule has 1 atom stereocenters. The molecule has 1 rings (SSSR count).